The normalized spacial score (nSPS) is 30.1. The van der Waals surface area contributed by atoms with Crippen LogP contribution in [0, 0.1) is 16.7 Å². The number of methoxy groups -OCH3 is 1. The smallest absolute Gasteiger partial charge is 0.339 e. The molecule has 4 heteroatoms. The van der Waals surface area contributed by atoms with E-state index in [1.54, 1.807) is 11.6 Å². The Bertz CT molecular complexity index is 1260. The van der Waals surface area contributed by atoms with Crippen LogP contribution in [-0.2, 0) is 10.2 Å². The van der Waals surface area contributed by atoms with Crippen molar-refractivity contribution >= 4 is 28.7 Å². The van der Waals surface area contributed by atoms with Crippen LogP contribution in [0.25, 0.3) is 0 Å². The van der Waals surface area contributed by atoms with Crippen molar-refractivity contribution in [2.45, 2.75) is 57.8 Å². The fourth-order valence-corrected chi connectivity index (χ4v) is 8.52. The highest BCUT2D eigenvalue weighted by atomic mass is 16.5. The molecule has 2 N–H and O–H groups in total. The molecule has 3 aromatic rings. The second-order valence-electron chi connectivity index (χ2n) is 12.4. The average Bonchev–Trinajstić information content (AvgIpc) is 2.83. The van der Waals surface area contributed by atoms with Crippen molar-refractivity contribution in [1.29, 1.82) is 0 Å². The standard InChI is InChI=1S/C32H36N2O2/c1-30-16-22-17-31(2,19-30)21-32(18-22,20-30)23-8-10-24(11-9-23)33-25-12-14-26(15-13-25)34-28-7-5-4-6-27(28)29(35)36-3/h4-15,22,33-34H,16-21H2,1-3H3. The number of esters is 1. The summed E-state index contributed by atoms with van der Waals surface area (Å²) in [5.41, 5.74) is 7.26. The fourth-order valence-electron chi connectivity index (χ4n) is 8.52. The molecule has 4 aliphatic rings. The molecule has 0 aromatic heterocycles. The summed E-state index contributed by atoms with van der Waals surface area (Å²) in [4.78, 5) is 12.0. The Labute approximate surface area is 214 Å². The summed E-state index contributed by atoms with van der Waals surface area (Å²) in [6.45, 7) is 5.10. The highest BCUT2D eigenvalue weighted by Gasteiger charge is 2.60. The Kier molecular flexibility index (Phi) is 5.40. The highest BCUT2D eigenvalue weighted by molar-refractivity contribution is 5.96. The van der Waals surface area contributed by atoms with Gasteiger partial charge in [0.1, 0.15) is 0 Å². The lowest BCUT2D eigenvalue weighted by molar-refractivity contribution is -0.110. The SMILES string of the molecule is COC(=O)c1ccccc1Nc1ccc(Nc2ccc(C34CC5CC(C)(CC(C)(C5)C3)C4)cc2)cc1. The number of ether oxygens (including phenoxy) is 1. The van der Waals surface area contributed by atoms with Gasteiger partial charge in [-0.3, -0.25) is 0 Å². The maximum absolute atomic E-state index is 12.0. The molecule has 186 valence electrons. The van der Waals surface area contributed by atoms with E-state index in [1.807, 2.05) is 30.3 Å². The molecule has 0 amide bonds. The van der Waals surface area contributed by atoms with Gasteiger partial charge in [0, 0.05) is 17.1 Å². The third kappa shape index (κ3) is 4.17. The van der Waals surface area contributed by atoms with Crippen LogP contribution in [0.1, 0.15) is 68.3 Å². The first kappa shape index (κ1) is 23.1. The molecular weight excluding hydrogens is 444 g/mol. The fraction of sp³-hybridized carbons (Fsp3) is 0.406. The molecule has 0 heterocycles. The molecule has 0 aliphatic heterocycles. The summed E-state index contributed by atoms with van der Waals surface area (Å²) in [6.07, 6.45) is 8.36. The summed E-state index contributed by atoms with van der Waals surface area (Å²) >= 11 is 0. The van der Waals surface area contributed by atoms with E-state index < -0.39 is 0 Å². The van der Waals surface area contributed by atoms with E-state index in [0.29, 0.717) is 21.8 Å². The minimum absolute atomic E-state index is 0.350. The minimum atomic E-state index is -0.350. The lowest BCUT2D eigenvalue weighted by atomic mass is 9.39. The van der Waals surface area contributed by atoms with E-state index in [9.17, 15) is 4.79 Å². The van der Waals surface area contributed by atoms with Crippen molar-refractivity contribution in [3.63, 3.8) is 0 Å². The molecule has 4 bridgehead atoms. The zero-order valence-corrected chi connectivity index (χ0v) is 21.6. The van der Waals surface area contributed by atoms with E-state index in [1.165, 1.54) is 45.6 Å². The van der Waals surface area contributed by atoms with Gasteiger partial charge in [0.25, 0.3) is 0 Å². The van der Waals surface area contributed by atoms with Crippen LogP contribution < -0.4 is 10.6 Å². The molecule has 0 radical (unpaired) electrons. The van der Waals surface area contributed by atoms with Gasteiger partial charge in [0.05, 0.1) is 18.4 Å². The third-order valence-electron chi connectivity index (χ3n) is 8.91. The maximum Gasteiger partial charge on any atom is 0.339 e. The predicted octanol–water partition coefficient (Wildman–Crippen LogP) is 8.21. The molecular formula is C32H36N2O2. The summed E-state index contributed by atoms with van der Waals surface area (Å²) in [6, 6.07) is 24.8. The maximum atomic E-state index is 12.0. The molecule has 3 aromatic carbocycles. The number of nitrogens with one attached hydrogen (secondary N) is 2. The second kappa shape index (κ2) is 8.40. The largest absolute Gasteiger partial charge is 0.465 e. The van der Waals surface area contributed by atoms with Crippen LogP contribution in [0.5, 0.6) is 0 Å². The Morgan fingerprint density at radius 2 is 1.31 bits per heavy atom. The summed E-state index contributed by atoms with van der Waals surface area (Å²) < 4.78 is 4.90. The van der Waals surface area contributed by atoms with Crippen molar-refractivity contribution in [3.8, 4) is 0 Å². The lowest BCUT2D eigenvalue weighted by Gasteiger charge is -2.65. The molecule has 2 unspecified atom stereocenters. The van der Waals surface area contributed by atoms with Gasteiger partial charge in [-0.1, -0.05) is 38.1 Å². The quantitative estimate of drug-likeness (QED) is 0.349. The number of para-hydroxylation sites is 1. The van der Waals surface area contributed by atoms with Crippen LogP contribution in [0.4, 0.5) is 22.7 Å². The second-order valence-corrected chi connectivity index (χ2v) is 12.4. The number of rotatable bonds is 6. The Morgan fingerprint density at radius 1 is 0.750 bits per heavy atom. The molecule has 0 spiro atoms. The number of hydrogen-bond donors (Lipinski definition) is 2. The summed E-state index contributed by atoms with van der Waals surface area (Å²) in [5, 5.41) is 6.87. The number of benzene rings is 3. The Hall–Kier alpha value is -3.27. The molecule has 2 atom stereocenters. The first-order valence-corrected chi connectivity index (χ1v) is 13.2. The van der Waals surface area contributed by atoms with Crippen LogP contribution >= 0.6 is 0 Å². The van der Waals surface area contributed by atoms with Gasteiger partial charge in [0.15, 0.2) is 0 Å². The van der Waals surface area contributed by atoms with Crippen molar-refractivity contribution in [2.75, 3.05) is 17.7 Å². The van der Waals surface area contributed by atoms with E-state index in [-0.39, 0.29) is 5.97 Å². The van der Waals surface area contributed by atoms with Gasteiger partial charge in [-0.25, -0.2) is 4.79 Å². The minimum Gasteiger partial charge on any atom is -0.465 e. The third-order valence-corrected chi connectivity index (χ3v) is 8.91. The van der Waals surface area contributed by atoms with Crippen LogP contribution in [0.3, 0.4) is 0 Å². The van der Waals surface area contributed by atoms with E-state index >= 15 is 0 Å². The van der Waals surface area contributed by atoms with Gasteiger partial charge in [-0.2, -0.15) is 0 Å². The molecule has 7 rings (SSSR count). The van der Waals surface area contributed by atoms with E-state index in [2.05, 4.69) is 60.9 Å². The molecule has 4 fully saturated rings. The van der Waals surface area contributed by atoms with Gasteiger partial charge in [0.2, 0.25) is 0 Å². The van der Waals surface area contributed by atoms with Gasteiger partial charge in [-0.05, 0) is 115 Å². The summed E-state index contributed by atoms with van der Waals surface area (Å²) in [5.74, 6) is 0.553. The zero-order valence-electron chi connectivity index (χ0n) is 21.6. The monoisotopic (exact) mass is 480 g/mol. The first-order chi connectivity index (χ1) is 17.3. The van der Waals surface area contributed by atoms with E-state index in [0.717, 1.165) is 28.7 Å². The Morgan fingerprint density at radius 3 is 1.89 bits per heavy atom. The predicted molar refractivity (Wildman–Crippen MR) is 146 cm³/mol. The topological polar surface area (TPSA) is 50.4 Å². The molecule has 4 saturated carbocycles. The molecule has 4 nitrogen and oxygen atoms in total. The first-order valence-electron chi connectivity index (χ1n) is 13.2. The van der Waals surface area contributed by atoms with Crippen molar-refractivity contribution < 1.29 is 9.53 Å². The summed E-state index contributed by atoms with van der Waals surface area (Å²) in [7, 11) is 1.40. The number of hydrogen-bond acceptors (Lipinski definition) is 4. The average molecular weight is 481 g/mol. The highest BCUT2D eigenvalue weighted by Crippen LogP contribution is 2.69. The zero-order chi connectivity index (χ0) is 25.0. The lowest BCUT2D eigenvalue weighted by Crippen LogP contribution is -2.56. The molecule has 4 aliphatic carbocycles. The molecule has 0 saturated heterocycles. The van der Waals surface area contributed by atoms with Crippen molar-refractivity contribution in [3.05, 3.63) is 83.9 Å². The number of anilines is 4. The van der Waals surface area contributed by atoms with Gasteiger partial charge >= 0.3 is 5.97 Å². The van der Waals surface area contributed by atoms with Crippen LogP contribution in [-0.4, -0.2) is 13.1 Å². The number of carbonyl (C=O) groups excluding carboxylic acids is 1. The molecule has 36 heavy (non-hydrogen) atoms. The van der Waals surface area contributed by atoms with E-state index in [4.69, 9.17) is 4.74 Å². The Balaban J connectivity index is 1.15. The van der Waals surface area contributed by atoms with Crippen LogP contribution in [0.2, 0.25) is 0 Å². The van der Waals surface area contributed by atoms with Crippen molar-refractivity contribution in [2.24, 2.45) is 16.7 Å². The van der Waals surface area contributed by atoms with Crippen molar-refractivity contribution in [1.82, 2.24) is 0 Å². The van der Waals surface area contributed by atoms with Crippen LogP contribution in [0.15, 0.2) is 72.8 Å². The van der Waals surface area contributed by atoms with Gasteiger partial charge < -0.3 is 15.4 Å². The van der Waals surface area contributed by atoms with Gasteiger partial charge in [-0.15, -0.1) is 0 Å². The number of carbonyl (C=O) groups is 1.